The Labute approximate surface area is 763 Å². The van der Waals surface area contributed by atoms with Gasteiger partial charge in [-0.3, -0.25) is 0 Å². The molecule has 0 spiro atoms. The number of aromatic nitrogens is 6. The lowest BCUT2D eigenvalue weighted by Crippen LogP contribution is -2.19. The molecule has 0 aliphatic rings. The SMILES string of the molecule is CCCCOC(=O)c1cccc(-c2ccc(OCC)cc2)n1.CCCCOC(=O)c1cccc(-c2ccc(OCC)cc2)n1.CCOc1ccc(-c2cccc(C(=O)OC(C)C)n2)cc1.CCOc1ccc(-c2cccc(C(=O)OC)n2)cc1.CCOc1ccc(-c2cccc(C(=O)OCC(C)(C)C)n2)cc1.CCOc1ccc(-c2cccc(C(=O)OCCCOC)n2)cc1. The maximum Gasteiger partial charge on any atom is 0.357 e. The number of hydrogen-bond donors (Lipinski definition) is 0. The van der Waals surface area contributed by atoms with E-state index in [1.807, 2.05) is 276 Å². The van der Waals surface area contributed by atoms with Crippen molar-refractivity contribution in [1.29, 1.82) is 0 Å². The van der Waals surface area contributed by atoms with Gasteiger partial charge in [-0.2, -0.15) is 0 Å². The summed E-state index contributed by atoms with van der Waals surface area (Å²) in [6.45, 7) is 31.4. The molecule has 0 aliphatic carbocycles. The molecule has 0 fully saturated rings. The van der Waals surface area contributed by atoms with E-state index in [4.69, 9.17) is 56.8 Å². The van der Waals surface area contributed by atoms with Crippen LogP contribution in [0.4, 0.5) is 0 Å². The summed E-state index contributed by atoms with van der Waals surface area (Å²) in [5.41, 5.74) is 11.8. The molecular formula is C105H120N6O19. The van der Waals surface area contributed by atoms with E-state index in [-0.39, 0.29) is 23.5 Å². The molecule has 0 N–H and O–H groups in total. The van der Waals surface area contributed by atoms with Gasteiger partial charge in [-0.25, -0.2) is 58.7 Å². The van der Waals surface area contributed by atoms with Crippen molar-refractivity contribution in [3.05, 3.63) is 289 Å². The monoisotopic (exact) mass is 1770 g/mol. The minimum atomic E-state index is -0.437. The second-order valence-corrected chi connectivity index (χ2v) is 29.7. The number of methoxy groups -OCH3 is 2. The molecule has 0 bridgehead atoms. The third kappa shape index (κ3) is 36.3. The van der Waals surface area contributed by atoms with Crippen LogP contribution in [0.3, 0.4) is 0 Å². The summed E-state index contributed by atoms with van der Waals surface area (Å²) >= 11 is 0. The lowest BCUT2D eigenvalue weighted by atomic mass is 9.99. The van der Waals surface area contributed by atoms with E-state index in [1.165, 1.54) is 7.11 Å². The number of rotatable bonds is 36. The zero-order valence-electron chi connectivity index (χ0n) is 77.1. The van der Waals surface area contributed by atoms with Gasteiger partial charge in [0.05, 0.1) is 113 Å². The van der Waals surface area contributed by atoms with Gasteiger partial charge in [0.2, 0.25) is 0 Å². The van der Waals surface area contributed by atoms with Crippen molar-refractivity contribution in [2.75, 3.05) is 86.9 Å². The summed E-state index contributed by atoms with van der Waals surface area (Å²) in [6, 6.07) is 77.7. The summed E-state index contributed by atoms with van der Waals surface area (Å²) in [5, 5.41) is 0. The largest absolute Gasteiger partial charge is 0.494 e. The predicted octanol–water partition coefficient (Wildman–Crippen LogP) is 22.5. The van der Waals surface area contributed by atoms with Gasteiger partial charge in [0, 0.05) is 53.5 Å². The van der Waals surface area contributed by atoms with E-state index in [9.17, 15) is 28.8 Å². The molecule has 6 heterocycles. The molecule has 0 saturated heterocycles. The lowest BCUT2D eigenvalue weighted by molar-refractivity contribution is 0.0356. The number of benzene rings is 6. The topological polar surface area (TPSA) is 300 Å². The van der Waals surface area contributed by atoms with E-state index in [0.717, 1.165) is 128 Å². The van der Waals surface area contributed by atoms with Gasteiger partial charge in [-0.15, -0.1) is 0 Å². The van der Waals surface area contributed by atoms with Gasteiger partial charge in [-0.1, -0.05) is 83.9 Å². The van der Waals surface area contributed by atoms with E-state index in [0.29, 0.717) is 113 Å². The standard InChI is InChI=1S/C19H23NO3.C18H21NO4.2C18H21NO3.C17H19NO3.C15H15NO3/c1-5-22-15-11-9-14(10-12-15)16-7-6-8-17(20-16)18(21)23-13-19(2,3)4;1-3-22-15-10-8-14(9-11-15)16-6-4-7-17(19-16)18(20)23-13-5-12-21-2;2*1-3-5-13-22-18(20)17-8-6-7-16(19-17)14-9-11-15(12-10-14)21-4-2;1-4-20-14-10-8-13(9-11-14)15-6-5-7-16(18-15)17(19)21-12(2)3;1-3-19-12-9-7-11(8-10-12)13-5-4-6-14(16-13)15(17)18-2/h6-12H,5,13H2,1-4H3;4,6-11H,3,5,12-13H2,1-2H3;2*6-12H,3-5,13H2,1-2H3;5-12H,4H2,1-3H3;4-10H,3H2,1-2H3. The number of ether oxygens (including phenoxy) is 13. The molecule has 0 amide bonds. The number of carbonyl (C=O) groups excluding carboxylic acids is 6. The number of hydrogen-bond acceptors (Lipinski definition) is 25. The molecule has 12 rings (SSSR count). The molecular weight excluding hydrogens is 1650 g/mol. The number of nitrogens with zero attached hydrogens (tertiary/aromatic N) is 6. The highest BCUT2D eigenvalue weighted by atomic mass is 16.6. The number of carbonyl (C=O) groups is 6. The van der Waals surface area contributed by atoms with Crippen molar-refractivity contribution in [3.8, 4) is 102 Å². The molecule has 6 aromatic heterocycles. The van der Waals surface area contributed by atoms with Crippen molar-refractivity contribution >= 4 is 35.8 Å². The van der Waals surface area contributed by atoms with Gasteiger partial charge >= 0.3 is 35.8 Å². The highest BCUT2D eigenvalue weighted by molar-refractivity contribution is 5.91. The van der Waals surface area contributed by atoms with Crippen LogP contribution in [0.5, 0.6) is 34.5 Å². The summed E-state index contributed by atoms with van der Waals surface area (Å²) in [4.78, 5) is 97.4. The molecule has 684 valence electrons. The van der Waals surface area contributed by atoms with E-state index in [1.54, 1.807) is 61.7 Å². The van der Waals surface area contributed by atoms with Gasteiger partial charge in [0.1, 0.15) is 68.7 Å². The fourth-order valence-corrected chi connectivity index (χ4v) is 11.5. The maximum atomic E-state index is 12.1. The van der Waals surface area contributed by atoms with Crippen LogP contribution in [0.15, 0.2) is 255 Å². The Bertz CT molecular complexity index is 5290. The lowest BCUT2D eigenvalue weighted by Gasteiger charge is -2.17. The first-order valence-corrected chi connectivity index (χ1v) is 43.6. The minimum absolute atomic E-state index is 0.0671. The van der Waals surface area contributed by atoms with Gasteiger partial charge < -0.3 is 61.6 Å². The molecule has 0 aliphatic heterocycles. The Morgan fingerprint density at radius 2 is 0.485 bits per heavy atom. The smallest absolute Gasteiger partial charge is 0.357 e. The Balaban J connectivity index is 0.000000214. The fraction of sp³-hybridized carbons (Fsp3) is 0.314. The number of esters is 6. The molecule has 130 heavy (non-hydrogen) atoms. The van der Waals surface area contributed by atoms with Crippen molar-refractivity contribution < 1.29 is 90.3 Å². The summed E-state index contributed by atoms with van der Waals surface area (Å²) < 4.78 is 68.1. The van der Waals surface area contributed by atoms with Crippen LogP contribution in [-0.2, 0) is 33.2 Å². The van der Waals surface area contributed by atoms with Crippen LogP contribution in [0.2, 0.25) is 0 Å². The van der Waals surface area contributed by atoms with Gasteiger partial charge in [0.15, 0.2) is 0 Å². The number of unbranched alkanes of at least 4 members (excludes halogenated alkanes) is 2. The average Bonchev–Trinajstić information content (AvgIpc) is 0.877. The summed E-state index contributed by atoms with van der Waals surface area (Å²) in [7, 11) is 2.96. The second kappa shape index (κ2) is 56.8. The molecule has 0 saturated carbocycles. The first kappa shape index (κ1) is 103. The maximum absolute atomic E-state index is 12.1. The molecule has 0 atom stereocenters. The fourth-order valence-electron chi connectivity index (χ4n) is 11.5. The van der Waals surface area contributed by atoms with E-state index >= 15 is 0 Å². The second-order valence-electron chi connectivity index (χ2n) is 29.7. The normalized spacial score (nSPS) is 10.4. The number of pyridine rings is 6. The Hall–Kier alpha value is -14.2. The van der Waals surface area contributed by atoms with Crippen LogP contribution in [0.25, 0.3) is 67.5 Å². The summed E-state index contributed by atoms with van der Waals surface area (Å²) in [5.74, 6) is 2.49. The quantitative estimate of drug-likeness (QED) is 0.0200. The minimum Gasteiger partial charge on any atom is -0.494 e. The highest BCUT2D eigenvalue weighted by Crippen LogP contribution is 2.29. The van der Waals surface area contributed by atoms with E-state index < -0.39 is 23.9 Å². The van der Waals surface area contributed by atoms with Crippen molar-refractivity contribution in [2.24, 2.45) is 5.41 Å². The zero-order valence-corrected chi connectivity index (χ0v) is 77.1. The van der Waals surface area contributed by atoms with E-state index in [2.05, 4.69) is 48.5 Å². The predicted molar refractivity (Wildman–Crippen MR) is 504 cm³/mol. The molecule has 0 radical (unpaired) electrons. The Morgan fingerprint density at radius 1 is 0.269 bits per heavy atom. The van der Waals surface area contributed by atoms with Crippen LogP contribution in [-0.4, -0.2) is 159 Å². The highest BCUT2D eigenvalue weighted by Gasteiger charge is 2.20. The molecule has 25 nitrogen and oxygen atoms in total. The van der Waals surface area contributed by atoms with Crippen LogP contribution < -0.4 is 28.4 Å². The molecule has 0 unspecified atom stereocenters. The van der Waals surface area contributed by atoms with Crippen LogP contribution in [0, 0.1) is 5.41 Å². The van der Waals surface area contributed by atoms with Crippen LogP contribution in [0.1, 0.15) is 185 Å². The Kier molecular flexibility index (Phi) is 44.9. The van der Waals surface area contributed by atoms with Crippen LogP contribution >= 0.6 is 0 Å². The van der Waals surface area contributed by atoms with Crippen molar-refractivity contribution in [1.82, 2.24) is 29.9 Å². The third-order valence-electron chi connectivity index (χ3n) is 17.9. The van der Waals surface area contributed by atoms with Crippen molar-refractivity contribution in [3.63, 3.8) is 0 Å². The first-order chi connectivity index (χ1) is 62.9. The van der Waals surface area contributed by atoms with Crippen molar-refractivity contribution in [2.45, 2.75) is 128 Å². The third-order valence-corrected chi connectivity index (χ3v) is 17.9. The summed E-state index contributed by atoms with van der Waals surface area (Å²) in [6.07, 6.45) is 4.23. The molecule has 6 aromatic carbocycles. The van der Waals surface area contributed by atoms with Gasteiger partial charge in [-0.05, 0) is 292 Å². The first-order valence-electron chi connectivity index (χ1n) is 43.6. The molecule has 12 aromatic rings. The molecule has 25 heteroatoms. The Morgan fingerprint density at radius 3 is 0.685 bits per heavy atom. The average molecular weight is 1770 g/mol. The zero-order chi connectivity index (χ0) is 93.8. The van der Waals surface area contributed by atoms with Gasteiger partial charge in [0.25, 0.3) is 0 Å².